The summed E-state index contributed by atoms with van der Waals surface area (Å²) in [4.78, 5) is 56.2. The summed E-state index contributed by atoms with van der Waals surface area (Å²) in [6, 6.07) is 3.48. The number of aliphatic hydroxyl groups is 2. The number of rotatable bonds is 9. The molecule has 38 heavy (non-hydrogen) atoms. The number of primary amides is 1. The number of nitrogens with one attached hydrogen (secondary N) is 1. The maximum absolute atomic E-state index is 14.1. The van der Waals surface area contributed by atoms with Crippen molar-refractivity contribution in [2.24, 2.45) is 11.7 Å². The molecule has 0 aromatic heterocycles. The lowest BCUT2D eigenvalue weighted by Gasteiger charge is -2.41. The Bertz CT molecular complexity index is 1060. The van der Waals surface area contributed by atoms with E-state index in [1.165, 1.54) is 16.7 Å². The van der Waals surface area contributed by atoms with Crippen LogP contribution in [0.15, 0.2) is 27.1 Å². The SMILES string of the molecule is C[C@H](C(=O)N1CCC[C@H]1C(=O)N1CCC[C@]1(Cc1cc(Br)cc(Br)c1)C(=O)N[C@H](C(N)=O)[C@@H](C)O)[C@@H](C)O. The van der Waals surface area contributed by atoms with Gasteiger partial charge in [0.15, 0.2) is 0 Å². The molecule has 2 saturated heterocycles. The van der Waals surface area contributed by atoms with Crippen LogP contribution < -0.4 is 11.1 Å². The fourth-order valence-electron chi connectivity index (χ4n) is 5.39. The van der Waals surface area contributed by atoms with E-state index < -0.39 is 47.6 Å². The molecule has 1 aromatic rings. The van der Waals surface area contributed by atoms with Crippen LogP contribution >= 0.6 is 31.9 Å². The van der Waals surface area contributed by atoms with E-state index >= 15 is 0 Å². The van der Waals surface area contributed by atoms with Crippen molar-refractivity contribution in [1.82, 2.24) is 15.1 Å². The van der Waals surface area contributed by atoms with E-state index in [0.717, 1.165) is 14.5 Å². The third-order valence-electron chi connectivity index (χ3n) is 7.61. The summed E-state index contributed by atoms with van der Waals surface area (Å²) < 4.78 is 1.57. The molecule has 0 unspecified atom stereocenters. The Morgan fingerprint density at radius 1 is 1.05 bits per heavy atom. The maximum Gasteiger partial charge on any atom is 0.247 e. The van der Waals surface area contributed by atoms with Gasteiger partial charge >= 0.3 is 0 Å². The molecule has 0 spiro atoms. The van der Waals surface area contributed by atoms with Crippen molar-refractivity contribution < 1.29 is 29.4 Å². The van der Waals surface area contributed by atoms with Gasteiger partial charge in [-0.2, -0.15) is 0 Å². The Morgan fingerprint density at radius 2 is 1.68 bits per heavy atom. The first-order valence-corrected chi connectivity index (χ1v) is 14.4. The Balaban J connectivity index is 2.01. The highest BCUT2D eigenvalue weighted by Crippen LogP contribution is 2.37. The first-order valence-electron chi connectivity index (χ1n) is 12.8. The van der Waals surface area contributed by atoms with Gasteiger partial charge in [0.2, 0.25) is 23.6 Å². The minimum Gasteiger partial charge on any atom is -0.393 e. The van der Waals surface area contributed by atoms with Crippen molar-refractivity contribution >= 4 is 55.5 Å². The van der Waals surface area contributed by atoms with Crippen LogP contribution in [0.4, 0.5) is 0 Å². The van der Waals surface area contributed by atoms with Gasteiger partial charge in [-0.3, -0.25) is 19.2 Å². The molecule has 0 bridgehead atoms. The van der Waals surface area contributed by atoms with Crippen molar-refractivity contribution in [3.63, 3.8) is 0 Å². The zero-order valence-corrected chi connectivity index (χ0v) is 25.0. The number of hydrogen-bond acceptors (Lipinski definition) is 6. The van der Waals surface area contributed by atoms with Gasteiger partial charge in [0.25, 0.3) is 0 Å². The summed E-state index contributed by atoms with van der Waals surface area (Å²) in [7, 11) is 0. The number of carbonyl (C=O) groups is 4. The lowest BCUT2D eigenvalue weighted by atomic mass is 9.86. The number of aliphatic hydroxyl groups excluding tert-OH is 2. The zero-order valence-electron chi connectivity index (χ0n) is 21.8. The van der Waals surface area contributed by atoms with Crippen LogP contribution in [0.3, 0.4) is 0 Å². The molecular formula is C26H36Br2N4O6. The molecule has 10 nitrogen and oxygen atoms in total. The van der Waals surface area contributed by atoms with Gasteiger partial charge < -0.3 is 31.1 Å². The van der Waals surface area contributed by atoms with Gasteiger partial charge in [-0.15, -0.1) is 0 Å². The van der Waals surface area contributed by atoms with E-state index in [-0.39, 0.29) is 18.2 Å². The van der Waals surface area contributed by atoms with Crippen molar-refractivity contribution in [3.05, 3.63) is 32.7 Å². The number of hydrogen-bond donors (Lipinski definition) is 4. The number of likely N-dealkylation sites (tertiary alicyclic amines) is 2. The van der Waals surface area contributed by atoms with Crippen LogP contribution in [-0.2, 0) is 25.6 Å². The molecule has 4 amide bonds. The van der Waals surface area contributed by atoms with Crippen molar-refractivity contribution in [3.8, 4) is 0 Å². The second-order valence-corrected chi connectivity index (χ2v) is 12.2. The highest BCUT2D eigenvalue weighted by atomic mass is 79.9. The topological polar surface area (TPSA) is 153 Å². The van der Waals surface area contributed by atoms with E-state index in [1.807, 2.05) is 18.2 Å². The highest BCUT2D eigenvalue weighted by molar-refractivity contribution is 9.11. The minimum absolute atomic E-state index is 0.151. The molecule has 2 aliphatic rings. The fraction of sp³-hybridized carbons (Fsp3) is 0.615. The van der Waals surface area contributed by atoms with Crippen LogP contribution in [0.2, 0.25) is 0 Å². The molecule has 0 aliphatic carbocycles. The van der Waals surface area contributed by atoms with E-state index in [0.29, 0.717) is 38.8 Å². The van der Waals surface area contributed by atoms with Crippen LogP contribution in [0.1, 0.15) is 52.0 Å². The van der Waals surface area contributed by atoms with E-state index in [4.69, 9.17) is 5.73 Å². The molecule has 0 saturated carbocycles. The highest BCUT2D eigenvalue weighted by Gasteiger charge is 2.53. The molecule has 2 aliphatic heterocycles. The predicted octanol–water partition coefficient (Wildman–Crippen LogP) is 1.47. The standard InChI is InChI=1S/C26H36Br2N4O6/c1-14(15(2)33)23(36)31-8-4-6-20(31)24(37)32-9-5-7-26(32,13-17-10-18(27)12-19(28)11-17)25(38)30-21(16(3)34)22(29)35/h10-12,14-16,20-21,33-34H,4-9,13H2,1-3H3,(H2,29,35)(H,30,38)/t14-,15+,16+,20-,21-,26-/m0/s1. The molecule has 0 radical (unpaired) electrons. The summed E-state index contributed by atoms with van der Waals surface area (Å²) in [6.07, 6.45) is -0.00359. The Hall–Kier alpha value is -2.02. The summed E-state index contributed by atoms with van der Waals surface area (Å²) >= 11 is 6.94. The van der Waals surface area contributed by atoms with Crippen LogP contribution in [0, 0.1) is 5.92 Å². The Labute approximate surface area is 239 Å². The van der Waals surface area contributed by atoms with Crippen molar-refractivity contribution in [1.29, 1.82) is 0 Å². The number of amides is 4. The first kappa shape index (κ1) is 30.5. The molecule has 3 rings (SSSR count). The minimum atomic E-state index is -1.37. The number of nitrogens with two attached hydrogens (primary N) is 1. The van der Waals surface area contributed by atoms with Gasteiger partial charge in [0, 0.05) is 28.5 Å². The van der Waals surface area contributed by atoms with Crippen LogP contribution in [-0.4, -0.2) is 86.6 Å². The third-order valence-corrected chi connectivity index (χ3v) is 8.52. The molecule has 2 fully saturated rings. The largest absolute Gasteiger partial charge is 0.393 e. The number of carbonyl (C=O) groups excluding carboxylic acids is 4. The molecule has 210 valence electrons. The second-order valence-electron chi connectivity index (χ2n) is 10.4. The normalized spacial score (nSPS) is 24.6. The molecule has 1 aromatic carbocycles. The first-order chi connectivity index (χ1) is 17.8. The maximum atomic E-state index is 14.1. The average Bonchev–Trinajstić information content (AvgIpc) is 3.48. The lowest BCUT2D eigenvalue weighted by Crippen LogP contribution is -2.65. The van der Waals surface area contributed by atoms with Crippen LogP contribution in [0.5, 0.6) is 0 Å². The number of nitrogens with zero attached hydrogens (tertiary/aromatic N) is 2. The monoisotopic (exact) mass is 658 g/mol. The quantitative estimate of drug-likeness (QED) is 0.315. The Kier molecular flexibility index (Phi) is 9.99. The summed E-state index contributed by atoms with van der Waals surface area (Å²) in [5, 5.41) is 22.6. The molecule has 2 heterocycles. The van der Waals surface area contributed by atoms with Gasteiger partial charge in [-0.1, -0.05) is 38.8 Å². The van der Waals surface area contributed by atoms with Crippen LogP contribution in [0.25, 0.3) is 0 Å². The molecule has 6 atom stereocenters. The predicted molar refractivity (Wildman–Crippen MR) is 148 cm³/mol. The van der Waals surface area contributed by atoms with E-state index in [2.05, 4.69) is 37.2 Å². The fourth-order valence-corrected chi connectivity index (χ4v) is 6.78. The van der Waals surface area contributed by atoms with Crippen molar-refractivity contribution in [2.45, 2.75) is 82.7 Å². The molecule has 5 N–H and O–H groups in total. The Morgan fingerprint density at radius 3 is 2.24 bits per heavy atom. The van der Waals surface area contributed by atoms with Crippen molar-refractivity contribution in [2.75, 3.05) is 13.1 Å². The number of halogens is 2. The molecular weight excluding hydrogens is 624 g/mol. The summed E-state index contributed by atoms with van der Waals surface area (Å²) in [5.41, 5.74) is 4.85. The number of benzene rings is 1. The third kappa shape index (κ3) is 6.40. The van der Waals surface area contributed by atoms with E-state index in [1.54, 1.807) is 13.8 Å². The molecule has 12 heteroatoms. The van der Waals surface area contributed by atoms with E-state index in [9.17, 15) is 29.4 Å². The zero-order chi connectivity index (χ0) is 28.4. The summed E-state index contributed by atoms with van der Waals surface area (Å²) in [5.74, 6) is -2.79. The van der Waals surface area contributed by atoms with Gasteiger partial charge in [-0.25, -0.2) is 0 Å². The average molecular weight is 660 g/mol. The van der Waals surface area contributed by atoms with Gasteiger partial charge in [0.1, 0.15) is 17.6 Å². The van der Waals surface area contributed by atoms with Gasteiger partial charge in [-0.05, 0) is 63.3 Å². The summed E-state index contributed by atoms with van der Waals surface area (Å²) in [6.45, 7) is 5.21. The lowest BCUT2D eigenvalue weighted by molar-refractivity contribution is -0.153. The van der Waals surface area contributed by atoms with Gasteiger partial charge in [0.05, 0.1) is 18.1 Å². The smallest absolute Gasteiger partial charge is 0.247 e. The second kappa shape index (κ2) is 12.4.